The van der Waals surface area contributed by atoms with E-state index in [9.17, 15) is 4.79 Å². The summed E-state index contributed by atoms with van der Waals surface area (Å²) in [6, 6.07) is 20.0. The Bertz CT molecular complexity index is 725. The average Bonchev–Trinajstić information content (AvgIpc) is 2.69. The van der Waals surface area contributed by atoms with Crippen LogP contribution in [-0.2, 0) is 4.74 Å². The second-order valence-corrected chi connectivity index (χ2v) is 7.76. The van der Waals surface area contributed by atoms with Crippen LogP contribution in [0.1, 0.15) is 30.0 Å². The molecule has 3 rings (SSSR count). The largest absolute Gasteiger partial charge is 1.00 e. The van der Waals surface area contributed by atoms with Crippen LogP contribution in [0.5, 0.6) is 0 Å². The molecule has 2 aromatic carbocycles. The molecule has 2 atom stereocenters. The zero-order chi connectivity index (χ0) is 19.3. The lowest BCUT2D eigenvalue weighted by molar-refractivity contribution is -0.914. The molecule has 28 heavy (non-hydrogen) atoms. The fourth-order valence-electron chi connectivity index (χ4n) is 3.76. The number of hydrogen-bond acceptors (Lipinski definition) is 2. The van der Waals surface area contributed by atoms with Gasteiger partial charge in [-0.2, -0.15) is 0 Å². The van der Waals surface area contributed by atoms with Crippen molar-refractivity contribution in [2.24, 2.45) is 0 Å². The third kappa shape index (κ3) is 5.46. The van der Waals surface area contributed by atoms with Gasteiger partial charge in [-0.1, -0.05) is 67.2 Å². The maximum atomic E-state index is 12.7. The minimum atomic E-state index is -0.368. The molecule has 0 aliphatic carbocycles. The average molecular weight is 445 g/mol. The van der Waals surface area contributed by atoms with Gasteiger partial charge in [-0.3, -0.25) is 0 Å². The van der Waals surface area contributed by atoms with Crippen LogP contribution < -0.4 is 22.3 Å². The van der Waals surface area contributed by atoms with Crippen molar-refractivity contribution in [2.75, 3.05) is 20.6 Å². The summed E-state index contributed by atoms with van der Waals surface area (Å²) in [5.41, 5.74) is 2.07. The van der Waals surface area contributed by atoms with E-state index >= 15 is 0 Å². The van der Waals surface area contributed by atoms with Crippen LogP contribution in [0, 0.1) is 0 Å². The standard InChI is InChI=1S/C23H28N2O2.BrH/c1-4-20-17-21(15-16-25(20,2)3)27-23(26)24-22(18-11-7-5-8-12-18)19-13-9-6-10-14-19;/h4-14,20-22H,1,15-17H2,2-3H3;1H/t20-,21+;/m1./s1. The number of piperidine rings is 1. The number of benzene rings is 2. The fourth-order valence-corrected chi connectivity index (χ4v) is 3.76. The van der Waals surface area contributed by atoms with Crippen molar-refractivity contribution in [3.8, 4) is 0 Å². The normalized spacial score (nSPS) is 20.7. The summed E-state index contributed by atoms with van der Waals surface area (Å²) in [7, 11) is 4.40. The minimum absolute atomic E-state index is 0. The predicted octanol–water partition coefficient (Wildman–Crippen LogP) is 1.30. The van der Waals surface area contributed by atoms with Crippen LogP contribution in [0.3, 0.4) is 0 Å². The SMILES string of the molecule is C=C[C@@H]1C[C@@H](OC(=O)NC(c2ccccc2)c2ccccc2)CC[N+]1(C)C.[Br-]. The van der Waals surface area contributed by atoms with Gasteiger partial charge in [-0.15, -0.1) is 0 Å². The summed E-state index contributed by atoms with van der Waals surface area (Å²) < 4.78 is 6.67. The van der Waals surface area contributed by atoms with Gasteiger partial charge in [0.1, 0.15) is 12.1 Å². The number of carbonyl (C=O) groups excluding carboxylic acids is 1. The summed E-state index contributed by atoms with van der Waals surface area (Å²) in [6.07, 6.45) is 3.21. The Kier molecular flexibility index (Phi) is 7.84. The molecule has 1 saturated heterocycles. The van der Waals surface area contributed by atoms with Crippen LogP contribution in [-0.4, -0.2) is 43.4 Å². The third-order valence-electron chi connectivity index (χ3n) is 5.50. The Morgan fingerprint density at radius 1 is 1.11 bits per heavy atom. The third-order valence-corrected chi connectivity index (χ3v) is 5.50. The van der Waals surface area contributed by atoms with Gasteiger partial charge in [0.2, 0.25) is 0 Å². The molecule has 0 bridgehead atoms. The molecule has 0 radical (unpaired) electrons. The molecule has 0 spiro atoms. The van der Waals surface area contributed by atoms with Gasteiger partial charge in [-0.05, 0) is 17.2 Å². The highest BCUT2D eigenvalue weighted by Gasteiger charge is 2.36. The molecule has 150 valence electrons. The van der Waals surface area contributed by atoms with E-state index in [-0.39, 0.29) is 35.2 Å². The van der Waals surface area contributed by atoms with E-state index in [1.165, 1.54) is 0 Å². The second kappa shape index (κ2) is 9.89. The number of rotatable bonds is 5. The molecule has 5 heteroatoms. The highest BCUT2D eigenvalue weighted by molar-refractivity contribution is 5.69. The molecule has 0 saturated carbocycles. The second-order valence-electron chi connectivity index (χ2n) is 7.76. The highest BCUT2D eigenvalue weighted by Crippen LogP contribution is 2.26. The van der Waals surface area contributed by atoms with E-state index in [0.29, 0.717) is 6.04 Å². The van der Waals surface area contributed by atoms with Crippen LogP contribution in [0.15, 0.2) is 73.3 Å². The van der Waals surface area contributed by atoms with Crippen molar-refractivity contribution in [1.82, 2.24) is 5.32 Å². The van der Waals surface area contributed by atoms with Gasteiger partial charge < -0.3 is 31.5 Å². The lowest BCUT2D eigenvalue weighted by atomic mass is 9.97. The number of nitrogens with zero attached hydrogens (tertiary/aromatic N) is 1. The van der Waals surface area contributed by atoms with E-state index in [2.05, 4.69) is 26.0 Å². The van der Waals surface area contributed by atoms with Gasteiger partial charge in [0.25, 0.3) is 0 Å². The first-order chi connectivity index (χ1) is 13.0. The molecular formula is C23H29BrN2O2. The summed E-state index contributed by atoms with van der Waals surface area (Å²) >= 11 is 0. The number of likely N-dealkylation sites (N-methyl/N-ethyl adjacent to an activating group) is 1. The van der Waals surface area contributed by atoms with Crippen molar-refractivity contribution in [1.29, 1.82) is 0 Å². The fraction of sp³-hybridized carbons (Fsp3) is 0.348. The van der Waals surface area contributed by atoms with Crippen molar-refractivity contribution in [3.05, 3.63) is 84.4 Å². The van der Waals surface area contributed by atoms with Crippen molar-refractivity contribution < 1.29 is 31.0 Å². The molecular weight excluding hydrogens is 416 g/mol. The molecule has 1 aliphatic heterocycles. The Balaban J connectivity index is 0.00000280. The van der Waals surface area contributed by atoms with Crippen LogP contribution >= 0.6 is 0 Å². The zero-order valence-electron chi connectivity index (χ0n) is 16.6. The molecule has 2 aromatic rings. The minimum Gasteiger partial charge on any atom is -1.00 e. The number of likely N-dealkylation sites (tertiary alicyclic amines) is 1. The molecule has 1 aliphatic rings. The van der Waals surface area contributed by atoms with Crippen molar-refractivity contribution in [2.45, 2.75) is 31.0 Å². The monoisotopic (exact) mass is 444 g/mol. The number of nitrogens with one attached hydrogen (secondary N) is 1. The van der Waals surface area contributed by atoms with Gasteiger partial charge in [-0.25, -0.2) is 4.79 Å². The quantitative estimate of drug-likeness (QED) is 0.557. The zero-order valence-corrected chi connectivity index (χ0v) is 18.1. The first-order valence-corrected chi connectivity index (χ1v) is 9.52. The predicted molar refractivity (Wildman–Crippen MR) is 108 cm³/mol. The van der Waals surface area contributed by atoms with Crippen molar-refractivity contribution in [3.63, 3.8) is 0 Å². The maximum Gasteiger partial charge on any atom is 0.408 e. The summed E-state index contributed by atoms with van der Waals surface area (Å²) in [5.74, 6) is 0. The van der Waals surface area contributed by atoms with Gasteiger partial charge in [0.15, 0.2) is 0 Å². The van der Waals surface area contributed by atoms with Gasteiger partial charge in [0, 0.05) is 12.8 Å². The van der Waals surface area contributed by atoms with Gasteiger partial charge in [0.05, 0.1) is 26.7 Å². The van der Waals surface area contributed by atoms with Gasteiger partial charge >= 0.3 is 6.09 Å². The van der Waals surface area contributed by atoms with E-state index in [4.69, 9.17) is 4.74 Å². The topological polar surface area (TPSA) is 38.3 Å². The Morgan fingerprint density at radius 2 is 1.64 bits per heavy atom. The molecule has 0 unspecified atom stereocenters. The Labute approximate surface area is 178 Å². The summed E-state index contributed by atoms with van der Waals surface area (Å²) in [4.78, 5) is 12.7. The smallest absolute Gasteiger partial charge is 0.408 e. The number of amides is 1. The molecule has 1 heterocycles. The molecule has 1 N–H and O–H groups in total. The Hall–Kier alpha value is -2.11. The summed E-state index contributed by atoms with van der Waals surface area (Å²) in [5, 5.41) is 3.06. The van der Waals surface area contributed by atoms with Crippen LogP contribution in [0.25, 0.3) is 0 Å². The number of alkyl carbamates (subject to hydrolysis) is 1. The molecule has 0 aromatic heterocycles. The number of ether oxygens (including phenoxy) is 1. The van der Waals surface area contributed by atoms with E-state index in [1.54, 1.807) is 0 Å². The highest BCUT2D eigenvalue weighted by atomic mass is 79.9. The lowest BCUT2D eigenvalue weighted by Gasteiger charge is -2.42. The number of carbonyl (C=O) groups is 1. The van der Waals surface area contributed by atoms with Crippen LogP contribution in [0.4, 0.5) is 4.79 Å². The first-order valence-electron chi connectivity index (χ1n) is 9.52. The van der Waals surface area contributed by atoms with E-state index in [1.807, 2.05) is 66.7 Å². The van der Waals surface area contributed by atoms with E-state index in [0.717, 1.165) is 35.0 Å². The number of halogens is 1. The molecule has 1 fully saturated rings. The number of hydrogen-bond donors (Lipinski definition) is 1. The lowest BCUT2D eigenvalue weighted by Crippen LogP contribution is -3.00. The Morgan fingerprint density at radius 3 is 2.14 bits per heavy atom. The number of quaternary nitrogens is 1. The first kappa shape index (κ1) is 22.2. The molecule has 4 nitrogen and oxygen atoms in total. The summed E-state index contributed by atoms with van der Waals surface area (Å²) in [6.45, 7) is 4.92. The maximum absolute atomic E-state index is 12.7. The molecule has 1 amide bonds. The van der Waals surface area contributed by atoms with Crippen LogP contribution in [0.2, 0.25) is 0 Å². The van der Waals surface area contributed by atoms with Crippen molar-refractivity contribution >= 4 is 6.09 Å². The van der Waals surface area contributed by atoms with E-state index < -0.39 is 0 Å².